The first-order chi connectivity index (χ1) is 23.9. The molecule has 2 aliphatic rings. The molecule has 2 heterocycles. The van der Waals surface area contributed by atoms with E-state index in [1.165, 1.54) is 7.11 Å². The minimum atomic E-state index is -1.15. The number of carbonyl (C=O) groups is 3. The van der Waals surface area contributed by atoms with E-state index in [4.69, 9.17) is 30.6 Å². The predicted octanol–water partition coefficient (Wildman–Crippen LogP) is 5.07. The average molecular weight is 713 g/mol. The molecule has 19 heteroatoms. The van der Waals surface area contributed by atoms with Crippen LogP contribution in [-0.4, -0.2) is 70.2 Å². The zero-order valence-electron chi connectivity index (χ0n) is 26.5. The number of rotatable bonds is 12. The monoisotopic (exact) mass is 712 g/mol. The molecule has 0 bridgehead atoms. The largest absolute Gasteiger partial charge is 0.569 e. The summed E-state index contributed by atoms with van der Waals surface area (Å²) in [5.41, 5.74) is 0.327. The third-order valence-corrected chi connectivity index (χ3v) is 8.53. The molecule has 3 atom stereocenters. The lowest BCUT2D eigenvalue weighted by molar-refractivity contribution is -0.708. The van der Waals surface area contributed by atoms with Crippen molar-refractivity contribution in [3.05, 3.63) is 102 Å². The lowest BCUT2D eigenvalue weighted by Gasteiger charge is -2.25. The number of methoxy groups -OCH3 is 1. The molecule has 0 saturated carbocycles. The molecule has 3 aromatic carbocycles. The van der Waals surface area contributed by atoms with E-state index < -0.39 is 63.7 Å². The van der Waals surface area contributed by atoms with Crippen LogP contribution in [0.3, 0.4) is 0 Å². The van der Waals surface area contributed by atoms with Crippen LogP contribution in [0, 0.1) is 25.4 Å². The zero-order chi connectivity index (χ0) is 36.1. The second-order valence-corrected chi connectivity index (χ2v) is 11.6. The van der Waals surface area contributed by atoms with Crippen LogP contribution >= 0.6 is 11.6 Å². The number of non-ortho nitro benzene ring substituents is 1. The molecule has 50 heavy (non-hydrogen) atoms. The van der Waals surface area contributed by atoms with Gasteiger partial charge in [-0.2, -0.15) is 0 Å². The van der Waals surface area contributed by atoms with Crippen LogP contribution < -0.4 is 14.5 Å². The number of esters is 2. The van der Waals surface area contributed by atoms with Crippen molar-refractivity contribution in [1.29, 1.82) is 0 Å². The maximum absolute atomic E-state index is 13.5. The quantitative estimate of drug-likeness (QED) is 0.0599. The molecule has 0 N–H and O–H groups in total. The lowest BCUT2D eigenvalue weighted by Crippen LogP contribution is -2.42. The van der Waals surface area contributed by atoms with E-state index in [1.54, 1.807) is 54.3 Å². The fraction of sp³-hybridized carbons (Fsp3) is 0.323. The van der Waals surface area contributed by atoms with Gasteiger partial charge in [0.25, 0.3) is 11.6 Å². The molecule has 0 aliphatic carbocycles. The van der Waals surface area contributed by atoms with Gasteiger partial charge in [-0.25, -0.2) is 4.79 Å². The van der Waals surface area contributed by atoms with Crippen LogP contribution in [0.4, 0.5) is 17.1 Å². The van der Waals surface area contributed by atoms with Gasteiger partial charge in [0.1, 0.15) is 5.75 Å². The Kier molecular flexibility index (Phi) is 10.6. The molecule has 0 aromatic heterocycles. The van der Waals surface area contributed by atoms with Crippen molar-refractivity contribution in [3.8, 4) is 11.5 Å². The summed E-state index contributed by atoms with van der Waals surface area (Å²) in [5, 5.41) is 39.6. The van der Waals surface area contributed by atoms with E-state index in [0.29, 0.717) is 40.1 Å². The number of amides is 1. The van der Waals surface area contributed by atoms with Crippen molar-refractivity contribution < 1.29 is 48.2 Å². The van der Waals surface area contributed by atoms with Gasteiger partial charge in [-0.1, -0.05) is 11.6 Å². The second-order valence-electron chi connectivity index (χ2n) is 11.2. The van der Waals surface area contributed by atoms with Crippen LogP contribution in [0.5, 0.6) is 11.5 Å². The number of hydrogen-bond acceptors (Lipinski definition) is 13. The van der Waals surface area contributed by atoms with Crippen molar-refractivity contribution in [2.24, 2.45) is 5.28 Å². The Bertz CT molecular complexity index is 1860. The number of carbonyl (C=O) groups excluding carboxylic acids is 3. The highest BCUT2D eigenvalue weighted by Crippen LogP contribution is 2.45. The summed E-state index contributed by atoms with van der Waals surface area (Å²) in [4.78, 5) is 66.2. The smallest absolute Gasteiger partial charge is 0.337 e. The Hall–Kier alpha value is -6.04. The number of fused-ring (bicyclic) bond motifs is 1. The first kappa shape index (κ1) is 35.3. The number of nitro groups is 2. The van der Waals surface area contributed by atoms with Crippen LogP contribution in [0.15, 0.2) is 65.9 Å². The highest BCUT2D eigenvalue weighted by atomic mass is 35.5. The van der Waals surface area contributed by atoms with Gasteiger partial charge in [0.2, 0.25) is 17.8 Å². The number of halogens is 1. The highest BCUT2D eigenvalue weighted by Gasteiger charge is 2.42. The molecule has 1 amide bonds. The van der Waals surface area contributed by atoms with Gasteiger partial charge in [0, 0.05) is 34.3 Å². The molecule has 0 radical (unpaired) electrons. The zero-order valence-corrected chi connectivity index (χ0v) is 27.3. The fourth-order valence-electron chi connectivity index (χ4n) is 5.79. The SMILES string of the molecule is COc1ccc2c(c1)C(CC(=O)OCOC(=O)[C@@H]1CCCN1/[N+]([O-])=N\Oc1ccc([N+](=O)[O-])cc1[N+](=O)[O-])C(C)N2C(=O)c1ccc(Cl)cc1. The number of anilines is 1. The number of ether oxygens (including phenoxy) is 3. The topological polar surface area (TPSA) is 219 Å². The van der Waals surface area contributed by atoms with Crippen molar-refractivity contribution in [1.82, 2.24) is 5.01 Å². The summed E-state index contributed by atoms with van der Waals surface area (Å²) in [6.45, 7) is 1.09. The first-order valence-electron chi connectivity index (χ1n) is 15.0. The maximum atomic E-state index is 13.5. The Labute approximate surface area is 288 Å². The van der Waals surface area contributed by atoms with Gasteiger partial charge in [-0.15, -0.1) is 5.01 Å². The molecule has 1 fully saturated rings. The molecule has 0 spiro atoms. The summed E-state index contributed by atoms with van der Waals surface area (Å²) < 4.78 is 15.7. The van der Waals surface area contributed by atoms with Gasteiger partial charge in [-0.3, -0.25) is 34.7 Å². The van der Waals surface area contributed by atoms with Crippen LogP contribution in [-0.2, 0) is 19.1 Å². The van der Waals surface area contributed by atoms with Crippen LogP contribution in [0.2, 0.25) is 5.02 Å². The summed E-state index contributed by atoms with van der Waals surface area (Å²) in [7, 11) is 1.50. The number of nitro benzene ring substituents is 2. The molecule has 1 saturated heterocycles. The lowest BCUT2D eigenvalue weighted by atomic mass is 9.92. The van der Waals surface area contributed by atoms with Crippen LogP contribution in [0.1, 0.15) is 48.0 Å². The van der Waals surface area contributed by atoms with Crippen LogP contribution in [0.25, 0.3) is 0 Å². The Morgan fingerprint density at radius 3 is 2.40 bits per heavy atom. The Morgan fingerprint density at radius 2 is 1.72 bits per heavy atom. The average Bonchev–Trinajstić information content (AvgIpc) is 3.70. The van der Waals surface area contributed by atoms with Gasteiger partial charge in [0.15, 0.2) is 6.04 Å². The van der Waals surface area contributed by atoms with Crippen molar-refractivity contribution >= 4 is 46.5 Å². The number of hydrogen-bond donors (Lipinski definition) is 0. The number of nitrogens with zero attached hydrogens (tertiary/aromatic N) is 6. The minimum absolute atomic E-state index is 0.0476. The summed E-state index contributed by atoms with van der Waals surface area (Å²) >= 11 is 5.99. The third-order valence-electron chi connectivity index (χ3n) is 8.28. The highest BCUT2D eigenvalue weighted by molar-refractivity contribution is 6.30. The van der Waals surface area contributed by atoms with E-state index in [-0.39, 0.29) is 30.3 Å². The van der Waals surface area contributed by atoms with Gasteiger partial charge in [0.05, 0.1) is 41.0 Å². The Morgan fingerprint density at radius 1 is 0.980 bits per heavy atom. The first-order valence-corrected chi connectivity index (χ1v) is 15.4. The molecule has 3 aromatic rings. The van der Waals surface area contributed by atoms with Gasteiger partial charge >= 0.3 is 17.6 Å². The van der Waals surface area contributed by atoms with E-state index in [1.807, 2.05) is 0 Å². The third kappa shape index (κ3) is 7.49. The molecule has 262 valence electrons. The van der Waals surface area contributed by atoms with Crippen molar-refractivity contribution in [3.63, 3.8) is 0 Å². The molecule has 5 rings (SSSR count). The van der Waals surface area contributed by atoms with Gasteiger partial charge < -0.3 is 24.3 Å². The molecule has 18 nitrogen and oxygen atoms in total. The number of hydrazine groups is 1. The van der Waals surface area contributed by atoms with Gasteiger partial charge in [-0.05, 0) is 73.9 Å². The maximum Gasteiger partial charge on any atom is 0.337 e. The molecule has 2 aliphatic heterocycles. The molecule has 2 unspecified atom stereocenters. The van der Waals surface area contributed by atoms with E-state index in [0.717, 1.165) is 17.1 Å². The van der Waals surface area contributed by atoms with E-state index in [2.05, 4.69) is 5.28 Å². The Balaban J connectivity index is 1.19. The summed E-state index contributed by atoms with van der Waals surface area (Å²) in [5.74, 6) is -2.42. The fourth-order valence-corrected chi connectivity index (χ4v) is 5.92. The molecular formula is C31H29ClN6O12. The van der Waals surface area contributed by atoms with Crippen molar-refractivity contribution in [2.45, 2.75) is 44.2 Å². The summed E-state index contributed by atoms with van der Waals surface area (Å²) in [6.07, 6.45) is 0.381. The van der Waals surface area contributed by atoms with E-state index in [9.17, 15) is 39.8 Å². The number of benzene rings is 3. The molecular weight excluding hydrogens is 684 g/mol. The minimum Gasteiger partial charge on any atom is -0.569 e. The normalized spacial score (nSPS) is 18.3. The van der Waals surface area contributed by atoms with E-state index >= 15 is 0 Å². The van der Waals surface area contributed by atoms with Crippen molar-refractivity contribution in [2.75, 3.05) is 25.3 Å². The second kappa shape index (κ2) is 15.0. The predicted molar refractivity (Wildman–Crippen MR) is 171 cm³/mol. The summed E-state index contributed by atoms with van der Waals surface area (Å²) in [6, 6.07) is 12.5. The standard InChI is InChI=1S/C31H29ClN6O12/c1-18-23(24-15-22(47-2)10-11-25(24)35(18)30(40)19-5-7-20(32)8-6-19)16-29(39)48-17-49-31(41)26-4-3-13-34(26)38(46)33-50-28-12-9-21(36(42)43)14-27(28)37(44)45/h5-12,14-15,18,23,26H,3-4,13,16-17H2,1-2H3/b38-33+/t18?,23?,26-/m0/s1.